The highest BCUT2D eigenvalue weighted by Gasteiger charge is 2.15. The summed E-state index contributed by atoms with van der Waals surface area (Å²) in [6, 6.07) is 18.4. The van der Waals surface area contributed by atoms with Crippen LogP contribution < -0.4 is 26.2 Å². The minimum absolute atomic E-state index is 0.0941. The van der Waals surface area contributed by atoms with E-state index >= 15 is 0 Å². The van der Waals surface area contributed by atoms with Gasteiger partial charge in [-0.25, -0.2) is 14.2 Å². The number of pyridine rings is 1. The smallest absolute Gasteiger partial charge is 0.355 e. The van der Waals surface area contributed by atoms with Gasteiger partial charge in [0.05, 0.1) is 39.5 Å². The topological polar surface area (TPSA) is 100 Å². The van der Waals surface area contributed by atoms with Crippen LogP contribution in [0.1, 0.15) is 22.4 Å². The SMILES string of the molecule is COc1ccc(Cn2c(NCc3ncccc3C)nc(=O)n(Cc3ccc(OC)cc3)c2=O)cc1. The third kappa shape index (κ3) is 5.57. The molecule has 0 saturated heterocycles. The van der Waals surface area contributed by atoms with Gasteiger partial charge in [0.1, 0.15) is 11.5 Å². The highest BCUT2D eigenvalue weighted by Crippen LogP contribution is 2.14. The average Bonchev–Trinajstić information content (AvgIpc) is 2.88. The number of nitrogens with zero attached hydrogens (tertiary/aromatic N) is 4. The van der Waals surface area contributed by atoms with E-state index < -0.39 is 11.4 Å². The van der Waals surface area contributed by atoms with Crippen molar-refractivity contribution in [1.29, 1.82) is 0 Å². The number of nitrogens with one attached hydrogen (secondary N) is 1. The summed E-state index contributed by atoms with van der Waals surface area (Å²) in [6.07, 6.45) is 1.70. The largest absolute Gasteiger partial charge is 0.497 e. The van der Waals surface area contributed by atoms with E-state index in [0.29, 0.717) is 18.0 Å². The maximum Gasteiger partial charge on any atom is 0.355 e. The fourth-order valence-electron chi connectivity index (χ4n) is 3.64. The van der Waals surface area contributed by atoms with Gasteiger partial charge in [-0.3, -0.25) is 9.55 Å². The molecule has 9 nitrogen and oxygen atoms in total. The Morgan fingerprint density at radius 3 is 1.94 bits per heavy atom. The predicted molar refractivity (Wildman–Crippen MR) is 133 cm³/mol. The third-order valence-electron chi connectivity index (χ3n) is 5.68. The van der Waals surface area contributed by atoms with Crippen molar-refractivity contribution in [1.82, 2.24) is 19.1 Å². The first-order valence-electron chi connectivity index (χ1n) is 11.1. The predicted octanol–water partition coefficient (Wildman–Crippen LogP) is 2.83. The summed E-state index contributed by atoms with van der Waals surface area (Å²) in [5.41, 5.74) is 2.36. The van der Waals surface area contributed by atoms with Crippen LogP contribution in [0.15, 0.2) is 76.4 Å². The van der Waals surface area contributed by atoms with Gasteiger partial charge < -0.3 is 14.8 Å². The van der Waals surface area contributed by atoms with Crippen molar-refractivity contribution < 1.29 is 9.47 Å². The lowest BCUT2D eigenvalue weighted by Gasteiger charge is -2.16. The first-order chi connectivity index (χ1) is 17.0. The van der Waals surface area contributed by atoms with Gasteiger partial charge in [0.2, 0.25) is 5.95 Å². The molecule has 4 rings (SSSR count). The molecular formula is C26H27N5O4. The third-order valence-corrected chi connectivity index (χ3v) is 5.68. The highest BCUT2D eigenvalue weighted by atomic mass is 16.5. The highest BCUT2D eigenvalue weighted by molar-refractivity contribution is 5.32. The van der Waals surface area contributed by atoms with Crippen molar-refractivity contribution in [2.75, 3.05) is 19.5 Å². The molecule has 180 valence electrons. The van der Waals surface area contributed by atoms with E-state index in [1.165, 1.54) is 4.57 Å². The average molecular weight is 474 g/mol. The lowest BCUT2D eigenvalue weighted by molar-refractivity contribution is 0.414. The van der Waals surface area contributed by atoms with Crippen LogP contribution in [0.2, 0.25) is 0 Å². The monoisotopic (exact) mass is 473 g/mol. The molecule has 35 heavy (non-hydrogen) atoms. The molecule has 0 spiro atoms. The van der Waals surface area contributed by atoms with Crippen molar-refractivity contribution in [2.24, 2.45) is 0 Å². The molecule has 2 heterocycles. The van der Waals surface area contributed by atoms with Crippen LogP contribution in [0.4, 0.5) is 5.95 Å². The molecule has 1 N–H and O–H groups in total. The zero-order valence-corrected chi connectivity index (χ0v) is 19.9. The molecule has 4 aromatic rings. The number of anilines is 1. The molecule has 0 fully saturated rings. The molecule has 0 unspecified atom stereocenters. The first-order valence-corrected chi connectivity index (χ1v) is 11.1. The number of hydrogen-bond acceptors (Lipinski definition) is 7. The second-order valence-electron chi connectivity index (χ2n) is 7.99. The molecule has 2 aromatic heterocycles. The summed E-state index contributed by atoms with van der Waals surface area (Å²) in [5, 5.41) is 3.14. The zero-order valence-electron chi connectivity index (χ0n) is 19.9. The van der Waals surface area contributed by atoms with Gasteiger partial charge in [-0.05, 0) is 53.9 Å². The van der Waals surface area contributed by atoms with E-state index in [1.807, 2.05) is 55.5 Å². The quantitative estimate of drug-likeness (QED) is 0.399. The van der Waals surface area contributed by atoms with E-state index in [0.717, 1.165) is 27.0 Å². The van der Waals surface area contributed by atoms with Crippen molar-refractivity contribution in [2.45, 2.75) is 26.6 Å². The Morgan fingerprint density at radius 2 is 1.40 bits per heavy atom. The van der Waals surface area contributed by atoms with Crippen LogP contribution in [0, 0.1) is 6.92 Å². The molecule has 0 amide bonds. The Morgan fingerprint density at radius 1 is 0.829 bits per heavy atom. The summed E-state index contributed by atoms with van der Waals surface area (Å²) in [5.74, 6) is 1.60. The van der Waals surface area contributed by atoms with Crippen LogP contribution in [-0.2, 0) is 19.6 Å². The normalized spacial score (nSPS) is 10.7. The van der Waals surface area contributed by atoms with Crippen LogP contribution in [0.25, 0.3) is 0 Å². The van der Waals surface area contributed by atoms with Crippen molar-refractivity contribution >= 4 is 5.95 Å². The summed E-state index contributed by atoms with van der Waals surface area (Å²) >= 11 is 0. The Balaban J connectivity index is 1.71. The van der Waals surface area contributed by atoms with Crippen molar-refractivity contribution in [3.05, 3.63) is 110 Å². The summed E-state index contributed by atoms with van der Waals surface area (Å²) < 4.78 is 13.0. The van der Waals surface area contributed by atoms with Crippen molar-refractivity contribution in [3.63, 3.8) is 0 Å². The maximum absolute atomic E-state index is 13.5. The molecule has 0 aliphatic heterocycles. The second-order valence-corrected chi connectivity index (χ2v) is 7.99. The van der Waals surface area contributed by atoms with Gasteiger partial charge in [0.25, 0.3) is 0 Å². The standard InChI is InChI=1S/C26H27N5O4/c1-18-5-4-14-27-23(18)15-28-24-29-25(32)31(17-20-8-12-22(35-3)13-9-20)26(33)30(24)16-19-6-10-21(34-2)11-7-19/h4-14H,15-17H2,1-3H3,(H,28,29,32). The van der Waals surface area contributed by atoms with Crippen LogP contribution >= 0.6 is 0 Å². The second kappa shape index (κ2) is 10.7. The lowest BCUT2D eigenvalue weighted by atomic mass is 10.2. The molecule has 0 bridgehead atoms. The van der Waals surface area contributed by atoms with Gasteiger partial charge >= 0.3 is 11.4 Å². The van der Waals surface area contributed by atoms with Crippen LogP contribution in [0.3, 0.4) is 0 Å². The molecule has 0 aliphatic rings. The van der Waals surface area contributed by atoms with E-state index in [4.69, 9.17) is 9.47 Å². The van der Waals surface area contributed by atoms with E-state index in [-0.39, 0.29) is 19.0 Å². The minimum atomic E-state index is -0.628. The van der Waals surface area contributed by atoms with E-state index in [1.54, 1.807) is 32.5 Å². The Kier molecular flexibility index (Phi) is 7.25. The van der Waals surface area contributed by atoms with Gasteiger partial charge in [-0.2, -0.15) is 4.98 Å². The number of benzene rings is 2. The molecular weight excluding hydrogens is 446 g/mol. The van der Waals surface area contributed by atoms with Gasteiger partial charge in [-0.1, -0.05) is 30.3 Å². The Labute approximate surface area is 202 Å². The van der Waals surface area contributed by atoms with E-state index in [2.05, 4.69) is 15.3 Å². The van der Waals surface area contributed by atoms with Gasteiger partial charge in [-0.15, -0.1) is 0 Å². The Bertz CT molecular complexity index is 1410. The maximum atomic E-state index is 13.5. The fraction of sp³-hybridized carbons (Fsp3) is 0.231. The summed E-state index contributed by atoms with van der Waals surface area (Å²) in [4.78, 5) is 35.0. The number of methoxy groups -OCH3 is 2. The first kappa shape index (κ1) is 23.7. The number of ether oxygens (including phenoxy) is 2. The molecule has 9 heteroatoms. The van der Waals surface area contributed by atoms with Crippen LogP contribution in [-0.4, -0.2) is 33.3 Å². The van der Waals surface area contributed by atoms with Crippen LogP contribution in [0.5, 0.6) is 11.5 Å². The molecule has 2 aromatic carbocycles. The minimum Gasteiger partial charge on any atom is -0.497 e. The number of hydrogen-bond donors (Lipinski definition) is 1. The molecule has 0 saturated carbocycles. The summed E-state index contributed by atoms with van der Waals surface area (Å²) in [7, 11) is 3.18. The molecule has 0 aliphatic carbocycles. The van der Waals surface area contributed by atoms with Gasteiger partial charge in [0, 0.05) is 6.20 Å². The summed E-state index contributed by atoms with van der Waals surface area (Å²) in [6.45, 7) is 2.59. The fourth-order valence-corrected chi connectivity index (χ4v) is 3.64. The molecule has 0 atom stereocenters. The zero-order chi connectivity index (χ0) is 24.8. The van der Waals surface area contributed by atoms with Gasteiger partial charge in [0.15, 0.2) is 0 Å². The molecule has 0 radical (unpaired) electrons. The number of aryl methyl sites for hydroxylation is 1. The van der Waals surface area contributed by atoms with E-state index in [9.17, 15) is 9.59 Å². The lowest BCUT2D eigenvalue weighted by Crippen LogP contribution is -2.43. The van der Waals surface area contributed by atoms with Crippen molar-refractivity contribution in [3.8, 4) is 11.5 Å². The number of rotatable bonds is 9. The Hall–Kier alpha value is -4.40. The number of aromatic nitrogens is 4.